The summed E-state index contributed by atoms with van der Waals surface area (Å²) in [5.41, 5.74) is 0. The van der Waals surface area contributed by atoms with Gasteiger partial charge < -0.3 is 9.69 Å². The second kappa shape index (κ2) is 2.32. The van der Waals surface area contributed by atoms with E-state index in [0.29, 0.717) is 6.42 Å². The Hall–Kier alpha value is -0.860. The SMILES string of the molecule is O=C[C@H]1CC(=O)N2CCC[C@H]12. The predicted octanol–water partition coefficient (Wildman–Crippen LogP) is 0.196. The van der Waals surface area contributed by atoms with Gasteiger partial charge in [-0.2, -0.15) is 0 Å². The summed E-state index contributed by atoms with van der Waals surface area (Å²) in [6, 6.07) is 0.250. The van der Waals surface area contributed by atoms with Gasteiger partial charge in [0.15, 0.2) is 0 Å². The van der Waals surface area contributed by atoms with Crippen LogP contribution in [0.15, 0.2) is 0 Å². The van der Waals surface area contributed by atoms with Gasteiger partial charge in [0.05, 0.1) is 0 Å². The first-order valence-electron chi connectivity index (χ1n) is 4.07. The van der Waals surface area contributed by atoms with Crippen LogP contribution in [-0.2, 0) is 9.59 Å². The van der Waals surface area contributed by atoms with Gasteiger partial charge in [-0.15, -0.1) is 0 Å². The summed E-state index contributed by atoms with van der Waals surface area (Å²) in [5, 5.41) is 0. The predicted molar refractivity (Wildman–Crippen MR) is 38.9 cm³/mol. The van der Waals surface area contributed by atoms with E-state index < -0.39 is 0 Å². The van der Waals surface area contributed by atoms with Gasteiger partial charge in [-0.3, -0.25) is 4.79 Å². The summed E-state index contributed by atoms with van der Waals surface area (Å²) in [7, 11) is 0. The molecular weight excluding hydrogens is 142 g/mol. The fraction of sp³-hybridized carbons (Fsp3) is 0.750. The number of aldehydes is 1. The van der Waals surface area contributed by atoms with Crippen LogP contribution in [0.2, 0.25) is 0 Å². The molecule has 2 heterocycles. The van der Waals surface area contributed by atoms with Gasteiger partial charge in [0.2, 0.25) is 5.91 Å². The van der Waals surface area contributed by atoms with Crippen LogP contribution in [-0.4, -0.2) is 29.7 Å². The lowest BCUT2D eigenvalue weighted by molar-refractivity contribution is -0.128. The average Bonchev–Trinajstić information content (AvgIpc) is 2.54. The summed E-state index contributed by atoms with van der Waals surface area (Å²) < 4.78 is 0. The van der Waals surface area contributed by atoms with Crippen LogP contribution in [0.4, 0.5) is 0 Å². The molecule has 0 bridgehead atoms. The minimum Gasteiger partial charge on any atom is -0.339 e. The molecule has 2 rings (SSSR count). The molecule has 0 spiro atoms. The number of fused-ring (bicyclic) bond motifs is 1. The van der Waals surface area contributed by atoms with Crippen LogP contribution in [0.5, 0.6) is 0 Å². The second-order valence-electron chi connectivity index (χ2n) is 3.30. The zero-order chi connectivity index (χ0) is 7.84. The molecule has 0 aromatic rings. The van der Waals surface area contributed by atoms with Gasteiger partial charge in [-0.05, 0) is 12.8 Å². The maximum Gasteiger partial charge on any atom is 0.223 e. The maximum absolute atomic E-state index is 11.2. The number of hydrogen-bond acceptors (Lipinski definition) is 2. The highest BCUT2D eigenvalue weighted by Gasteiger charge is 2.41. The van der Waals surface area contributed by atoms with Gasteiger partial charge >= 0.3 is 0 Å². The lowest BCUT2D eigenvalue weighted by Gasteiger charge is -2.15. The minimum atomic E-state index is -0.00926. The van der Waals surface area contributed by atoms with Crippen molar-refractivity contribution >= 4 is 12.2 Å². The van der Waals surface area contributed by atoms with Crippen LogP contribution in [0, 0.1) is 5.92 Å². The Labute approximate surface area is 65.4 Å². The molecule has 0 aliphatic carbocycles. The van der Waals surface area contributed by atoms with Crippen LogP contribution >= 0.6 is 0 Å². The third kappa shape index (κ3) is 0.870. The van der Waals surface area contributed by atoms with Crippen molar-refractivity contribution in [3.05, 3.63) is 0 Å². The van der Waals surface area contributed by atoms with Crippen molar-refractivity contribution in [3.8, 4) is 0 Å². The highest BCUT2D eigenvalue weighted by atomic mass is 16.2. The third-order valence-electron chi connectivity index (χ3n) is 2.70. The highest BCUT2D eigenvalue weighted by Crippen LogP contribution is 2.32. The summed E-state index contributed by atoms with van der Waals surface area (Å²) in [6.45, 7) is 0.869. The van der Waals surface area contributed by atoms with E-state index >= 15 is 0 Å². The lowest BCUT2D eigenvalue weighted by Crippen LogP contribution is -2.29. The molecule has 1 amide bonds. The van der Waals surface area contributed by atoms with E-state index in [9.17, 15) is 9.59 Å². The molecule has 2 fully saturated rings. The van der Waals surface area contributed by atoms with E-state index in [0.717, 1.165) is 25.7 Å². The zero-order valence-corrected chi connectivity index (χ0v) is 6.32. The fourth-order valence-corrected chi connectivity index (χ4v) is 2.14. The van der Waals surface area contributed by atoms with E-state index in [4.69, 9.17) is 0 Å². The molecule has 0 aromatic heterocycles. The van der Waals surface area contributed by atoms with Crippen molar-refractivity contribution in [2.45, 2.75) is 25.3 Å². The largest absolute Gasteiger partial charge is 0.339 e. The normalized spacial score (nSPS) is 36.0. The molecule has 0 saturated carbocycles. The summed E-state index contributed by atoms with van der Waals surface area (Å²) in [5.74, 6) is 0.162. The lowest BCUT2D eigenvalue weighted by atomic mass is 10.0. The number of nitrogens with zero attached hydrogens (tertiary/aromatic N) is 1. The van der Waals surface area contributed by atoms with Gasteiger partial charge in [0.25, 0.3) is 0 Å². The smallest absolute Gasteiger partial charge is 0.223 e. The van der Waals surface area contributed by atoms with Crippen LogP contribution < -0.4 is 0 Å². The molecular formula is C8H11NO2. The molecule has 0 aromatic carbocycles. The Bertz CT molecular complexity index is 202. The summed E-state index contributed by atoms with van der Waals surface area (Å²) in [4.78, 5) is 23.6. The molecule has 2 saturated heterocycles. The maximum atomic E-state index is 11.2. The molecule has 3 heteroatoms. The number of carbonyl (C=O) groups excluding carboxylic acids is 2. The van der Waals surface area contributed by atoms with Crippen LogP contribution in [0.3, 0.4) is 0 Å². The molecule has 2 atom stereocenters. The Morgan fingerprint density at radius 3 is 3.09 bits per heavy atom. The van der Waals surface area contributed by atoms with Crippen LogP contribution in [0.25, 0.3) is 0 Å². The molecule has 3 nitrogen and oxygen atoms in total. The first-order valence-corrected chi connectivity index (χ1v) is 4.07. The van der Waals surface area contributed by atoms with Crippen molar-refractivity contribution in [2.24, 2.45) is 5.92 Å². The van der Waals surface area contributed by atoms with Gasteiger partial charge in [0, 0.05) is 24.9 Å². The number of carbonyl (C=O) groups is 2. The summed E-state index contributed by atoms with van der Waals surface area (Å²) in [6.07, 6.45) is 3.48. The third-order valence-corrected chi connectivity index (χ3v) is 2.70. The number of hydrogen-bond donors (Lipinski definition) is 0. The molecule has 60 valence electrons. The molecule has 0 N–H and O–H groups in total. The van der Waals surface area contributed by atoms with Crippen molar-refractivity contribution in [3.63, 3.8) is 0 Å². The zero-order valence-electron chi connectivity index (χ0n) is 6.32. The molecule has 11 heavy (non-hydrogen) atoms. The fourth-order valence-electron chi connectivity index (χ4n) is 2.14. The Morgan fingerprint density at radius 1 is 1.55 bits per heavy atom. The van der Waals surface area contributed by atoms with Gasteiger partial charge in [0.1, 0.15) is 6.29 Å². The number of rotatable bonds is 1. The van der Waals surface area contributed by atoms with Gasteiger partial charge in [-0.1, -0.05) is 0 Å². The summed E-state index contributed by atoms with van der Waals surface area (Å²) >= 11 is 0. The number of amides is 1. The monoisotopic (exact) mass is 153 g/mol. The van der Waals surface area contributed by atoms with Gasteiger partial charge in [-0.25, -0.2) is 0 Å². The standard InChI is InChI=1S/C8H11NO2/c10-5-6-4-8(11)9-3-1-2-7(6)9/h5-7H,1-4H2/t6-,7-/m1/s1. The minimum absolute atomic E-state index is 0.00926. The quantitative estimate of drug-likeness (QED) is 0.504. The van der Waals surface area contributed by atoms with E-state index in [-0.39, 0.29) is 17.9 Å². The Balaban J connectivity index is 2.19. The van der Waals surface area contributed by atoms with E-state index in [1.165, 1.54) is 0 Å². The van der Waals surface area contributed by atoms with Crippen molar-refractivity contribution in [2.75, 3.05) is 6.54 Å². The molecule has 2 aliphatic rings. The average molecular weight is 153 g/mol. The molecule has 2 aliphatic heterocycles. The first-order chi connectivity index (χ1) is 5.33. The topological polar surface area (TPSA) is 37.4 Å². The Kier molecular flexibility index (Phi) is 1.44. The van der Waals surface area contributed by atoms with E-state index in [1.807, 2.05) is 4.90 Å². The van der Waals surface area contributed by atoms with Crippen LogP contribution in [0.1, 0.15) is 19.3 Å². The van der Waals surface area contributed by atoms with Crippen molar-refractivity contribution in [1.82, 2.24) is 4.90 Å². The van der Waals surface area contributed by atoms with Crippen molar-refractivity contribution in [1.29, 1.82) is 0 Å². The first kappa shape index (κ1) is 6.83. The highest BCUT2D eigenvalue weighted by molar-refractivity contribution is 5.83. The van der Waals surface area contributed by atoms with E-state index in [2.05, 4.69) is 0 Å². The Morgan fingerprint density at radius 2 is 2.36 bits per heavy atom. The van der Waals surface area contributed by atoms with E-state index in [1.54, 1.807) is 0 Å². The molecule has 0 radical (unpaired) electrons. The van der Waals surface area contributed by atoms with Crippen molar-refractivity contribution < 1.29 is 9.59 Å². The second-order valence-corrected chi connectivity index (χ2v) is 3.30. The molecule has 0 unspecified atom stereocenters.